The Hall–Kier alpha value is -3.99. The van der Waals surface area contributed by atoms with Gasteiger partial charge in [-0.15, -0.1) is 11.3 Å². The first-order chi connectivity index (χ1) is 16.7. The average molecular weight is 499 g/mol. The molecule has 180 valence electrons. The highest BCUT2D eigenvalue weighted by molar-refractivity contribution is 7.13. The van der Waals surface area contributed by atoms with Crippen molar-refractivity contribution < 1.29 is 27.8 Å². The molecule has 4 rings (SSSR count). The van der Waals surface area contributed by atoms with Gasteiger partial charge in [-0.05, 0) is 57.2 Å². The Morgan fingerprint density at radius 2 is 1.77 bits per heavy atom. The van der Waals surface area contributed by atoms with E-state index in [-0.39, 0.29) is 17.2 Å². The number of carbonyl (C=O) groups excluding carboxylic acids is 2. The minimum atomic E-state index is -2.91. The van der Waals surface area contributed by atoms with Crippen LogP contribution in [0.25, 0.3) is 16.5 Å². The van der Waals surface area contributed by atoms with Crippen molar-refractivity contribution in [3.63, 3.8) is 0 Å². The number of thiazole rings is 1. The summed E-state index contributed by atoms with van der Waals surface area (Å²) in [6.07, 6.45) is 2.09. The third kappa shape index (κ3) is 5.24. The van der Waals surface area contributed by atoms with E-state index in [1.807, 2.05) is 6.92 Å². The van der Waals surface area contributed by atoms with Crippen LogP contribution in [-0.2, 0) is 4.74 Å². The fraction of sp³-hybridized carbons (Fsp3) is 0.208. The van der Waals surface area contributed by atoms with Gasteiger partial charge in [0.05, 0.1) is 0 Å². The lowest BCUT2D eigenvalue weighted by molar-refractivity contribution is -0.0498. The molecule has 1 atom stereocenters. The Balaban J connectivity index is 1.49. The van der Waals surface area contributed by atoms with E-state index in [0.29, 0.717) is 27.8 Å². The number of Topliss-reactive ketones (excluding diaryl/α,β-unsaturated/α-hetero) is 1. The Morgan fingerprint density at radius 3 is 2.43 bits per heavy atom. The summed E-state index contributed by atoms with van der Waals surface area (Å²) >= 11 is 1.20. The second kappa shape index (κ2) is 10.1. The highest BCUT2D eigenvalue weighted by Gasteiger charge is 2.26. The van der Waals surface area contributed by atoms with Gasteiger partial charge in [-0.3, -0.25) is 4.79 Å². The molecular weight excluding hydrogens is 478 g/mol. The molecule has 0 aliphatic carbocycles. The van der Waals surface area contributed by atoms with E-state index in [2.05, 4.69) is 19.7 Å². The van der Waals surface area contributed by atoms with E-state index in [4.69, 9.17) is 4.74 Å². The summed E-state index contributed by atoms with van der Waals surface area (Å²) in [5.41, 5.74) is 2.48. The summed E-state index contributed by atoms with van der Waals surface area (Å²) in [5, 5.41) is 1.99. The Kier molecular flexibility index (Phi) is 6.97. The first-order valence-electron chi connectivity index (χ1n) is 10.5. The van der Waals surface area contributed by atoms with Crippen LogP contribution in [0.15, 0.2) is 54.2 Å². The molecule has 0 aliphatic heterocycles. The molecule has 0 saturated heterocycles. The molecule has 0 N–H and O–H groups in total. The molecule has 1 unspecified atom stereocenters. The van der Waals surface area contributed by atoms with Crippen LogP contribution in [0.3, 0.4) is 0 Å². The third-order valence-corrected chi connectivity index (χ3v) is 5.98. The van der Waals surface area contributed by atoms with Gasteiger partial charge in [0.15, 0.2) is 22.6 Å². The summed E-state index contributed by atoms with van der Waals surface area (Å²) in [6.45, 7) is 2.15. The second-order valence-electron chi connectivity index (χ2n) is 7.51. The second-order valence-corrected chi connectivity index (χ2v) is 8.37. The average Bonchev–Trinajstić information content (AvgIpc) is 3.44. The maximum Gasteiger partial charge on any atom is 0.387 e. The number of ketones is 1. The standard InChI is InChI=1S/C24H20F2N4O4S/c1-13-11-18(14(2)30(13)16-5-7-17(8-6-16)34-24(25)26)20(31)15(3)33-23(32)19-12-35-22(29-19)21-27-9-4-10-28-21/h4-12,15,24H,1-3H3. The number of hydrogen-bond acceptors (Lipinski definition) is 8. The topological polar surface area (TPSA) is 96.2 Å². The summed E-state index contributed by atoms with van der Waals surface area (Å²) in [4.78, 5) is 38.1. The molecule has 3 heterocycles. The fourth-order valence-electron chi connectivity index (χ4n) is 3.56. The summed E-state index contributed by atoms with van der Waals surface area (Å²) in [7, 11) is 0. The van der Waals surface area contributed by atoms with E-state index in [1.165, 1.54) is 35.8 Å². The summed E-state index contributed by atoms with van der Waals surface area (Å²) in [6, 6.07) is 9.45. The molecule has 1 aromatic carbocycles. The zero-order valence-electron chi connectivity index (χ0n) is 18.9. The molecular formula is C24H20F2N4O4S. The van der Waals surface area contributed by atoms with Crippen LogP contribution in [-0.4, -0.2) is 44.0 Å². The first kappa shape index (κ1) is 24.1. The maximum atomic E-state index is 13.1. The number of carbonyl (C=O) groups is 2. The minimum Gasteiger partial charge on any atom is -0.450 e. The molecule has 0 saturated carbocycles. The van der Waals surface area contributed by atoms with E-state index < -0.39 is 18.7 Å². The summed E-state index contributed by atoms with van der Waals surface area (Å²) in [5.74, 6) is -0.682. The Bertz CT molecular complexity index is 1350. The Morgan fingerprint density at radius 1 is 1.09 bits per heavy atom. The van der Waals surface area contributed by atoms with Gasteiger partial charge in [0.1, 0.15) is 5.75 Å². The maximum absolute atomic E-state index is 13.1. The number of halogens is 2. The van der Waals surface area contributed by atoms with Crippen LogP contribution < -0.4 is 4.74 Å². The molecule has 11 heteroatoms. The number of rotatable bonds is 8. The predicted octanol–water partition coefficient (Wildman–Crippen LogP) is 5.04. The van der Waals surface area contributed by atoms with Gasteiger partial charge in [-0.2, -0.15) is 8.78 Å². The number of aryl methyl sites for hydroxylation is 1. The van der Waals surface area contributed by atoms with Crippen LogP contribution in [0.4, 0.5) is 8.78 Å². The van der Waals surface area contributed by atoms with Crippen LogP contribution >= 0.6 is 11.3 Å². The molecule has 0 amide bonds. The molecule has 0 aliphatic rings. The smallest absolute Gasteiger partial charge is 0.387 e. The number of ether oxygens (including phenoxy) is 2. The molecule has 0 bridgehead atoms. The van der Waals surface area contributed by atoms with Gasteiger partial charge in [0, 0.05) is 40.4 Å². The van der Waals surface area contributed by atoms with Gasteiger partial charge in [0.25, 0.3) is 0 Å². The van der Waals surface area contributed by atoms with E-state index >= 15 is 0 Å². The number of nitrogens with zero attached hydrogens (tertiary/aromatic N) is 4. The third-order valence-electron chi connectivity index (χ3n) is 5.14. The van der Waals surface area contributed by atoms with Gasteiger partial charge < -0.3 is 14.0 Å². The number of esters is 1. The van der Waals surface area contributed by atoms with Crippen LogP contribution in [0.1, 0.15) is 39.2 Å². The van der Waals surface area contributed by atoms with Crippen molar-refractivity contribution in [2.75, 3.05) is 0 Å². The molecule has 0 radical (unpaired) electrons. The number of aromatic nitrogens is 4. The number of benzene rings is 1. The molecule has 0 fully saturated rings. The highest BCUT2D eigenvalue weighted by atomic mass is 32.1. The molecule has 8 nitrogen and oxygen atoms in total. The zero-order valence-corrected chi connectivity index (χ0v) is 19.8. The van der Waals surface area contributed by atoms with Crippen molar-refractivity contribution in [2.45, 2.75) is 33.5 Å². The summed E-state index contributed by atoms with van der Waals surface area (Å²) < 4.78 is 36.4. The molecule has 35 heavy (non-hydrogen) atoms. The predicted molar refractivity (Wildman–Crippen MR) is 124 cm³/mol. The van der Waals surface area contributed by atoms with E-state index in [9.17, 15) is 18.4 Å². The normalized spacial score (nSPS) is 11.9. The minimum absolute atomic E-state index is 0.0343. The van der Waals surface area contributed by atoms with Crippen molar-refractivity contribution in [3.8, 4) is 22.3 Å². The molecule has 0 spiro atoms. The van der Waals surface area contributed by atoms with Gasteiger partial charge in [0.2, 0.25) is 5.78 Å². The van der Waals surface area contributed by atoms with Crippen LogP contribution in [0.5, 0.6) is 5.75 Å². The van der Waals surface area contributed by atoms with Crippen LogP contribution in [0, 0.1) is 13.8 Å². The Labute approximate surface area is 203 Å². The largest absolute Gasteiger partial charge is 0.450 e. The van der Waals surface area contributed by atoms with Crippen molar-refractivity contribution >= 4 is 23.1 Å². The quantitative estimate of drug-likeness (QED) is 0.248. The van der Waals surface area contributed by atoms with Gasteiger partial charge in [-0.1, -0.05) is 0 Å². The van der Waals surface area contributed by atoms with E-state index in [1.54, 1.807) is 48.1 Å². The SMILES string of the molecule is Cc1cc(C(=O)C(C)OC(=O)c2csc(-c3ncccn3)n2)c(C)n1-c1ccc(OC(F)F)cc1. The molecule has 3 aromatic heterocycles. The fourth-order valence-corrected chi connectivity index (χ4v) is 4.29. The van der Waals surface area contributed by atoms with E-state index in [0.717, 1.165) is 5.69 Å². The lowest BCUT2D eigenvalue weighted by Gasteiger charge is -2.13. The van der Waals surface area contributed by atoms with Crippen molar-refractivity contribution in [2.24, 2.45) is 0 Å². The monoisotopic (exact) mass is 498 g/mol. The number of hydrogen-bond donors (Lipinski definition) is 0. The van der Waals surface area contributed by atoms with Crippen LogP contribution in [0.2, 0.25) is 0 Å². The first-order valence-corrected chi connectivity index (χ1v) is 11.3. The van der Waals surface area contributed by atoms with Crippen molar-refractivity contribution in [1.82, 2.24) is 19.5 Å². The van der Waals surface area contributed by atoms with Crippen molar-refractivity contribution in [1.29, 1.82) is 0 Å². The lowest BCUT2D eigenvalue weighted by Crippen LogP contribution is -2.25. The molecule has 4 aromatic rings. The zero-order chi connectivity index (χ0) is 25.1. The van der Waals surface area contributed by atoms with Gasteiger partial charge in [-0.25, -0.2) is 19.7 Å². The highest BCUT2D eigenvalue weighted by Crippen LogP contribution is 2.25. The van der Waals surface area contributed by atoms with Crippen molar-refractivity contribution in [3.05, 3.63) is 76.8 Å². The number of alkyl halides is 2. The van der Waals surface area contributed by atoms with Gasteiger partial charge >= 0.3 is 12.6 Å². The lowest BCUT2D eigenvalue weighted by atomic mass is 10.1.